The number of hydroxylamine groups is 1. The van der Waals surface area contributed by atoms with E-state index in [0.717, 1.165) is 36.1 Å². The van der Waals surface area contributed by atoms with E-state index in [2.05, 4.69) is 0 Å². The third kappa shape index (κ3) is 4.06. The highest BCUT2D eigenvalue weighted by molar-refractivity contribution is 7.92. The fourth-order valence-electron chi connectivity index (χ4n) is 2.53. The number of nitrogens with zero attached hydrogens (tertiary/aromatic N) is 1. The number of aryl methyl sites for hydroxylation is 1. The van der Waals surface area contributed by atoms with E-state index >= 15 is 0 Å². The minimum atomic E-state index is -3.96. The highest BCUT2D eigenvalue weighted by atomic mass is 32.2. The average molecular weight is 400 g/mol. The van der Waals surface area contributed by atoms with Crippen LogP contribution in [0.3, 0.4) is 0 Å². The zero-order chi connectivity index (χ0) is 20.4. The Morgan fingerprint density at radius 1 is 1.22 bits per heavy atom. The molecule has 1 amide bonds. The molecule has 146 valence electrons. The molecule has 0 fully saturated rings. The van der Waals surface area contributed by atoms with Crippen LogP contribution >= 0.6 is 0 Å². The van der Waals surface area contributed by atoms with Gasteiger partial charge in [-0.05, 0) is 19.4 Å². The highest BCUT2D eigenvalue weighted by Gasteiger charge is 2.43. The minimum Gasteiger partial charge on any atom is -0.312 e. The monoisotopic (exact) mass is 400 g/mol. The number of hydrogen-bond donors (Lipinski definition) is 2. The second-order valence-electron chi connectivity index (χ2n) is 6.24. The Morgan fingerprint density at radius 3 is 2.41 bits per heavy atom. The summed E-state index contributed by atoms with van der Waals surface area (Å²) in [6.07, 6.45) is 1.24. The summed E-state index contributed by atoms with van der Waals surface area (Å²) in [6, 6.07) is 6.28. The molecule has 0 radical (unpaired) electrons. The third-order valence-corrected chi connectivity index (χ3v) is 6.50. The van der Waals surface area contributed by atoms with Crippen LogP contribution in [0, 0.1) is 11.6 Å². The second-order valence-corrected chi connectivity index (χ2v) is 8.69. The molecular formula is C17H18F2N2O5S. The van der Waals surface area contributed by atoms with Crippen LogP contribution < -0.4 is 11.0 Å². The summed E-state index contributed by atoms with van der Waals surface area (Å²) in [5.74, 6) is -2.74. The Kier molecular flexibility index (Phi) is 5.81. The van der Waals surface area contributed by atoms with Crippen molar-refractivity contribution < 1.29 is 27.2 Å². The molecule has 0 aliphatic heterocycles. The van der Waals surface area contributed by atoms with Gasteiger partial charge in [-0.3, -0.25) is 14.8 Å². The lowest BCUT2D eigenvalue weighted by Crippen LogP contribution is -2.50. The fourth-order valence-corrected chi connectivity index (χ4v) is 3.37. The predicted molar refractivity (Wildman–Crippen MR) is 93.8 cm³/mol. The standard InChI is InChI=1S/C17H18F2N2O5S/c1-17(16(23)20-24,27(2,25)26)7-8-21-10-14(19)12(9-15(21)22)11-5-3-4-6-13(11)18/h3-6,9-10,24H,7-8H2,1-2H3,(H,20,23)/t17-/m1/s1. The number of aromatic nitrogens is 1. The van der Waals surface area contributed by atoms with Gasteiger partial charge in [0.05, 0.1) is 0 Å². The molecular weight excluding hydrogens is 382 g/mol. The van der Waals surface area contributed by atoms with Crippen molar-refractivity contribution in [3.05, 3.63) is 58.5 Å². The normalized spacial score (nSPS) is 13.8. The van der Waals surface area contributed by atoms with Crippen molar-refractivity contribution in [2.75, 3.05) is 6.26 Å². The first kappa shape index (κ1) is 20.7. The van der Waals surface area contributed by atoms with Crippen molar-refractivity contribution in [1.29, 1.82) is 0 Å². The summed E-state index contributed by atoms with van der Waals surface area (Å²) >= 11 is 0. The number of hydrogen-bond acceptors (Lipinski definition) is 5. The van der Waals surface area contributed by atoms with Gasteiger partial charge in [-0.25, -0.2) is 22.7 Å². The number of halogens is 2. The molecule has 1 heterocycles. The van der Waals surface area contributed by atoms with Crippen LogP contribution in [0.2, 0.25) is 0 Å². The van der Waals surface area contributed by atoms with Crippen molar-refractivity contribution in [3.63, 3.8) is 0 Å². The van der Waals surface area contributed by atoms with Gasteiger partial charge in [0.25, 0.3) is 11.5 Å². The van der Waals surface area contributed by atoms with E-state index in [1.54, 1.807) is 0 Å². The molecule has 7 nitrogen and oxygen atoms in total. The summed E-state index contributed by atoms with van der Waals surface area (Å²) in [7, 11) is -3.96. The maximum absolute atomic E-state index is 14.4. The Balaban J connectivity index is 2.39. The maximum Gasteiger partial charge on any atom is 0.264 e. The van der Waals surface area contributed by atoms with E-state index in [1.807, 2.05) is 0 Å². The number of amides is 1. The molecule has 0 aliphatic carbocycles. The van der Waals surface area contributed by atoms with Crippen LogP contribution in [0.4, 0.5) is 8.78 Å². The van der Waals surface area contributed by atoms with E-state index in [-0.39, 0.29) is 17.7 Å². The molecule has 1 atom stereocenters. The van der Waals surface area contributed by atoms with E-state index in [9.17, 15) is 26.8 Å². The smallest absolute Gasteiger partial charge is 0.264 e. The number of nitrogens with one attached hydrogen (secondary N) is 1. The van der Waals surface area contributed by atoms with Crippen LogP contribution in [0.1, 0.15) is 13.3 Å². The van der Waals surface area contributed by atoms with Crippen LogP contribution in [0.15, 0.2) is 41.3 Å². The number of carbonyl (C=O) groups is 1. The Labute approximate surface area is 154 Å². The number of carbonyl (C=O) groups excluding carboxylic acids is 1. The topological polar surface area (TPSA) is 105 Å². The van der Waals surface area contributed by atoms with E-state index < -0.39 is 44.1 Å². The molecule has 0 aliphatic rings. The van der Waals surface area contributed by atoms with Gasteiger partial charge in [-0.15, -0.1) is 0 Å². The summed E-state index contributed by atoms with van der Waals surface area (Å²) in [5.41, 5.74) is 0.279. The van der Waals surface area contributed by atoms with Crippen LogP contribution in [0.5, 0.6) is 0 Å². The first-order valence-corrected chi connectivity index (χ1v) is 9.69. The van der Waals surface area contributed by atoms with Crippen molar-refractivity contribution >= 4 is 15.7 Å². The zero-order valence-electron chi connectivity index (χ0n) is 14.6. The van der Waals surface area contributed by atoms with Gasteiger partial charge < -0.3 is 4.57 Å². The number of sulfone groups is 1. The van der Waals surface area contributed by atoms with Crippen LogP contribution in [0.25, 0.3) is 11.1 Å². The molecule has 0 spiro atoms. The largest absolute Gasteiger partial charge is 0.312 e. The summed E-state index contributed by atoms with van der Waals surface area (Å²) in [6.45, 7) is 0.771. The number of pyridine rings is 1. The van der Waals surface area contributed by atoms with Gasteiger partial charge in [0.1, 0.15) is 11.6 Å². The molecule has 1 aromatic heterocycles. The molecule has 0 bridgehead atoms. The maximum atomic E-state index is 14.4. The van der Waals surface area contributed by atoms with Crippen molar-refractivity contribution in [3.8, 4) is 11.1 Å². The Bertz CT molecular complexity index is 1040. The van der Waals surface area contributed by atoms with E-state index in [0.29, 0.717) is 0 Å². The highest BCUT2D eigenvalue weighted by Crippen LogP contribution is 2.25. The molecule has 2 N–H and O–H groups in total. The zero-order valence-corrected chi connectivity index (χ0v) is 15.4. The van der Waals surface area contributed by atoms with Gasteiger partial charge in [0.15, 0.2) is 14.6 Å². The molecule has 0 saturated carbocycles. The summed E-state index contributed by atoms with van der Waals surface area (Å²) < 4.78 is 51.0. The second kappa shape index (κ2) is 7.57. The molecule has 2 aromatic rings. The average Bonchev–Trinajstić information content (AvgIpc) is 2.60. The molecule has 0 saturated heterocycles. The van der Waals surface area contributed by atoms with Gasteiger partial charge >= 0.3 is 0 Å². The van der Waals surface area contributed by atoms with Crippen LogP contribution in [-0.2, 0) is 21.2 Å². The molecule has 2 rings (SSSR count). The summed E-state index contributed by atoms with van der Waals surface area (Å²) in [5, 5.41) is 8.79. The molecule has 0 unspecified atom stereocenters. The lowest BCUT2D eigenvalue weighted by Gasteiger charge is -2.25. The minimum absolute atomic E-state index is 0.0834. The Hall–Kier alpha value is -2.59. The first-order chi connectivity index (χ1) is 12.5. The van der Waals surface area contributed by atoms with Crippen molar-refractivity contribution in [2.24, 2.45) is 0 Å². The van der Waals surface area contributed by atoms with E-state index in [1.165, 1.54) is 23.7 Å². The van der Waals surface area contributed by atoms with Gasteiger partial charge in [-0.1, -0.05) is 18.2 Å². The van der Waals surface area contributed by atoms with Crippen molar-refractivity contribution in [2.45, 2.75) is 24.6 Å². The predicted octanol–water partition coefficient (Wildman–Crippen LogP) is 1.49. The lowest BCUT2D eigenvalue weighted by atomic mass is 10.0. The van der Waals surface area contributed by atoms with Crippen LogP contribution in [-0.4, -0.2) is 35.1 Å². The quantitative estimate of drug-likeness (QED) is 0.565. The van der Waals surface area contributed by atoms with Gasteiger partial charge in [0, 0.05) is 36.2 Å². The Morgan fingerprint density at radius 2 is 1.85 bits per heavy atom. The molecule has 10 heteroatoms. The lowest BCUT2D eigenvalue weighted by molar-refractivity contribution is -0.131. The van der Waals surface area contributed by atoms with Crippen molar-refractivity contribution in [1.82, 2.24) is 10.0 Å². The first-order valence-electron chi connectivity index (χ1n) is 7.80. The number of benzene rings is 1. The fraction of sp³-hybridized carbons (Fsp3) is 0.294. The van der Waals surface area contributed by atoms with E-state index in [4.69, 9.17) is 5.21 Å². The SMILES string of the molecule is C[C@@](CCn1cc(F)c(-c2ccccc2F)cc1=O)(C(=O)NO)S(C)(=O)=O. The van der Waals surface area contributed by atoms with Gasteiger partial charge in [0.2, 0.25) is 0 Å². The van der Waals surface area contributed by atoms with Gasteiger partial charge in [-0.2, -0.15) is 0 Å². The molecule has 27 heavy (non-hydrogen) atoms. The molecule has 1 aromatic carbocycles. The third-order valence-electron chi connectivity index (χ3n) is 4.47. The summed E-state index contributed by atoms with van der Waals surface area (Å²) in [4.78, 5) is 24.0. The number of rotatable bonds is 6.